The number of halogens is 1. The van der Waals surface area contributed by atoms with Crippen LogP contribution >= 0.6 is 15.9 Å². The van der Waals surface area contributed by atoms with Crippen molar-refractivity contribution in [3.8, 4) is 0 Å². The van der Waals surface area contributed by atoms with Crippen molar-refractivity contribution in [1.29, 1.82) is 0 Å². The van der Waals surface area contributed by atoms with Gasteiger partial charge in [-0.15, -0.1) is 0 Å². The molecule has 370 valence electrons. The Hall–Kier alpha value is -2.79. The molecule has 16 atom stereocenters. The summed E-state index contributed by atoms with van der Waals surface area (Å²) in [5.41, 5.74) is 3.04. The lowest BCUT2D eigenvalue weighted by Crippen LogP contribution is -2.61. The van der Waals surface area contributed by atoms with Crippen LogP contribution in [0.5, 0.6) is 0 Å². The van der Waals surface area contributed by atoms with E-state index in [4.69, 9.17) is 18.9 Å². The smallest absolute Gasteiger partial charge is 0.329 e. The molecule has 14 heteroatoms. The van der Waals surface area contributed by atoms with E-state index in [9.17, 15) is 39.9 Å². The van der Waals surface area contributed by atoms with Gasteiger partial charge in [-0.25, -0.2) is 4.79 Å². The van der Waals surface area contributed by atoms with Crippen LogP contribution in [0.3, 0.4) is 0 Å². The minimum absolute atomic E-state index is 0.00982. The van der Waals surface area contributed by atoms with E-state index in [1.165, 1.54) is 4.90 Å². The van der Waals surface area contributed by atoms with E-state index in [-0.39, 0.29) is 50.0 Å². The highest BCUT2D eigenvalue weighted by molar-refractivity contribution is 9.10. The lowest BCUT2D eigenvalue weighted by molar-refractivity contribution is -0.275. The summed E-state index contributed by atoms with van der Waals surface area (Å²) in [6.45, 7) is 16.9. The number of fused-ring (bicyclic) bond motifs is 5. The van der Waals surface area contributed by atoms with E-state index in [2.05, 4.69) is 28.9 Å². The predicted octanol–water partition coefficient (Wildman–Crippen LogP) is 7.80. The molecule has 4 heterocycles. The van der Waals surface area contributed by atoms with Gasteiger partial charge in [0.2, 0.25) is 5.79 Å². The predicted molar refractivity (Wildman–Crippen MR) is 254 cm³/mol. The van der Waals surface area contributed by atoms with Gasteiger partial charge in [-0.3, -0.25) is 9.59 Å². The molecule has 66 heavy (non-hydrogen) atoms. The van der Waals surface area contributed by atoms with Crippen LogP contribution in [0, 0.1) is 29.6 Å². The first-order chi connectivity index (χ1) is 31.1. The van der Waals surface area contributed by atoms with Crippen molar-refractivity contribution in [3.63, 3.8) is 0 Å². The number of aliphatic hydroxyl groups excluding tert-OH is 4. The maximum Gasteiger partial charge on any atom is 0.329 e. The van der Waals surface area contributed by atoms with Crippen LogP contribution in [0.2, 0.25) is 0 Å². The lowest BCUT2D eigenvalue weighted by Gasteiger charge is -2.43. The minimum atomic E-state index is -2.50. The molecule has 5 rings (SSSR count). The second kappa shape index (κ2) is 24.2. The monoisotopic (exact) mass is 987 g/mol. The van der Waals surface area contributed by atoms with E-state index in [0.29, 0.717) is 50.5 Å². The Morgan fingerprint density at radius 3 is 2.30 bits per heavy atom. The third kappa shape index (κ3) is 13.7. The van der Waals surface area contributed by atoms with Crippen molar-refractivity contribution in [2.45, 2.75) is 200 Å². The number of piperidine rings is 1. The molecule has 16 unspecified atom stereocenters. The van der Waals surface area contributed by atoms with Crippen LogP contribution in [0.15, 0.2) is 63.7 Å². The van der Waals surface area contributed by atoms with E-state index in [1.54, 1.807) is 13.8 Å². The zero-order valence-corrected chi connectivity index (χ0v) is 42.2. The molecule has 1 aromatic carbocycles. The van der Waals surface area contributed by atoms with Gasteiger partial charge in [0.25, 0.3) is 11.7 Å². The Labute approximate surface area is 401 Å². The van der Waals surface area contributed by atoms with Crippen LogP contribution < -0.4 is 0 Å². The molecule has 4 bridgehead atoms. The minimum Gasteiger partial charge on any atom is -0.456 e. The number of aliphatic hydroxyl groups is 5. The van der Waals surface area contributed by atoms with Gasteiger partial charge in [0.15, 0.2) is 6.29 Å². The third-order valence-electron chi connectivity index (χ3n) is 14.7. The average Bonchev–Trinajstić information content (AvgIpc) is 3.28. The summed E-state index contributed by atoms with van der Waals surface area (Å²) in [7, 11) is 0. The summed E-state index contributed by atoms with van der Waals surface area (Å²) in [6, 6.07) is 6.51. The highest BCUT2D eigenvalue weighted by Crippen LogP contribution is 2.40. The van der Waals surface area contributed by atoms with Crippen molar-refractivity contribution in [1.82, 2.24) is 4.90 Å². The number of hydrogen-bond acceptors (Lipinski definition) is 12. The van der Waals surface area contributed by atoms with Crippen LogP contribution in [0.4, 0.5) is 0 Å². The summed E-state index contributed by atoms with van der Waals surface area (Å²) in [6.07, 6.45) is 3.53. The van der Waals surface area contributed by atoms with Crippen LogP contribution in [0.1, 0.15) is 145 Å². The van der Waals surface area contributed by atoms with Gasteiger partial charge >= 0.3 is 5.97 Å². The first-order valence-electron chi connectivity index (χ1n) is 24.4. The summed E-state index contributed by atoms with van der Waals surface area (Å²) < 4.78 is 26.3. The Morgan fingerprint density at radius 1 is 0.939 bits per heavy atom. The van der Waals surface area contributed by atoms with E-state index in [0.717, 1.165) is 21.2 Å². The van der Waals surface area contributed by atoms with Crippen molar-refractivity contribution in [3.05, 3.63) is 69.2 Å². The average molecular weight is 989 g/mol. The first-order valence-corrected chi connectivity index (χ1v) is 25.2. The number of cyclic esters (lactones) is 1. The number of allylic oxidation sites excluding steroid dienone is 1. The highest BCUT2D eigenvalue weighted by Gasteiger charge is 2.53. The maximum absolute atomic E-state index is 14.3. The van der Waals surface area contributed by atoms with Gasteiger partial charge in [0.1, 0.15) is 12.1 Å². The molecule has 0 saturated carbocycles. The summed E-state index contributed by atoms with van der Waals surface area (Å²) in [4.78, 5) is 44.0. The molecule has 1 amide bonds. The van der Waals surface area contributed by atoms with E-state index in [1.807, 2.05) is 78.0 Å². The first kappa shape index (κ1) is 54.2. The zero-order chi connectivity index (χ0) is 48.6. The Balaban J connectivity index is 1.50. The number of ether oxygens (including phenoxy) is 4. The zero-order valence-electron chi connectivity index (χ0n) is 40.6. The molecule has 4 aliphatic heterocycles. The van der Waals surface area contributed by atoms with Gasteiger partial charge in [0.05, 0.1) is 42.7 Å². The standard InChI is InChI=1S/C52H78BrNO12/c1-10-37-17-21-45(32(5)25-30(3)36(9)55)64-50(61)42-13-11-12-22-54(42)49(60)48(59)52(62)34(7)14-20-40(66-52)26-44(57)35(8)46-28-41(63-51(65-46)38-15-18-39(53)19-16-38)27-43(56)31(4)23-29(2)24-33(6)47(37)58/h15-19,23,25,29-30,33-36,40-47,51,55-58,62H,10-14,20-22,24,26-28H2,1-9H3. The normalized spacial score (nSPS) is 37.7. The number of hydrogen-bond donors (Lipinski definition) is 5. The number of Topliss-reactive ketones (excluding diaryl/α,β-unsaturated/α-hetero) is 1. The maximum atomic E-state index is 14.3. The molecule has 0 radical (unpaired) electrons. The number of nitrogens with zero attached hydrogens (tertiary/aromatic N) is 1. The molecule has 0 spiro atoms. The fourth-order valence-electron chi connectivity index (χ4n) is 10.0. The van der Waals surface area contributed by atoms with Gasteiger partial charge < -0.3 is 49.4 Å². The van der Waals surface area contributed by atoms with Crippen LogP contribution in [-0.4, -0.2) is 115 Å². The molecule has 0 aromatic heterocycles. The summed E-state index contributed by atoms with van der Waals surface area (Å²) >= 11 is 3.50. The second-order valence-corrected chi connectivity index (χ2v) is 21.0. The lowest BCUT2D eigenvalue weighted by atomic mass is 9.83. The number of esters is 1. The van der Waals surface area contributed by atoms with Crippen molar-refractivity contribution >= 4 is 33.6 Å². The SMILES string of the molecule is CCC1=CCC(C(C)=CC(C)C(C)O)OC(=O)C2CCCCN2C(=O)C(=O)C2(O)OC(CCC2C)CC(O)C(C)C2CC(CC(O)C(C)=CC(C)CC(C)C1O)OC(c1ccc(Br)cc1)O2. The molecule has 5 N–H and O–H groups in total. The van der Waals surface area contributed by atoms with E-state index < -0.39 is 96.4 Å². The van der Waals surface area contributed by atoms with Crippen molar-refractivity contribution in [2.24, 2.45) is 29.6 Å². The number of rotatable bonds is 5. The number of amides is 1. The van der Waals surface area contributed by atoms with Crippen molar-refractivity contribution < 1.29 is 58.9 Å². The molecule has 4 aliphatic rings. The topological polar surface area (TPSA) is 193 Å². The van der Waals surface area contributed by atoms with Gasteiger partial charge in [0, 0.05) is 53.6 Å². The molecule has 3 saturated heterocycles. The Bertz CT molecular complexity index is 1880. The van der Waals surface area contributed by atoms with E-state index >= 15 is 0 Å². The third-order valence-corrected chi connectivity index (χ3v) is 15.2. The molecular weight excluding hydrogens is 910 g/mol. The van der Waals surface area contributed by atoms with Gasteiger partial charge in [-0.05, 0) is 113 Å². The summed E-state index contributed by atoms with van der Waals surface area (Å²) in [5, 5.41) is 57.5. The molecule has 13 nitrogen and oxygen atoms in total. The van der Waals surface area contributed by atoms with Crippen LogP contribution in [-0.2, 0) is 33.3 Å². The largest absolute Gasteiger partial charge is 0.456 e. The highest BCUT2D eigenvalue weighted by atomic mass is 79.9. The number of benzene rings is 1. The number of ketones is 1. The second-order valence-electron chi connectivity index (χ2n) is 20.1. The van der Waals surface area contributed by atoms with Crippen LogP contribution in [0.25, 0.3) is 0 Å². The number of carbonyl (C=O) groups is 3. The Morgan fingerprint density at radius 2 is 1.64 bits per heavy atom. The van der Waals surface area contributed by atoms with Gasteiger partial charge in [-0.2, -0.15) is 0 Å². The number of carbonyl (C=O) groups excluding carboxylic acids is 3. The van der Waals surface area contributed by atoms with Crippen molar-refractivity contribution in [2.75, 3.05) is 6.54 Å². The quantitative estimate of drug-likeness (QED) is 0.109. The molecule has 0 aliphatic carbocycles. The fourth-order valence-corrected chi connectivity index (χ4v) is 10.3. The van der Waals surface area contributed by atoms with Gasteiger partial charge in [-0.1, -0.05) is 87.8 Å². The molecular formula is C52H78BrNO12. The molecule has 1 aromatic rings. The summed E-state index contributed by atoms with van der Waals surface area (Å²) in [5.74, 6) is -7.01. The Kier molecular flexibility index (Phi) is 19.8. The molecule has 3 fully saturated rings. The fraction of sp³-hybridized carbons (Fsp3) is 0.712.